The lowest BCUT2D eigenvalue weighted by molar-refractivity contribution is -0.136. The minimum atomic E-state index is -4.65. The van der Waals surface area contributed by atoms with Crippen molar-refractivity contribution in [1.29, 1.82) is 5.26 Å². The average Bonchev–Trinajstić information content (AvgIpc) is 3.42. The van der Waals surface area contributed by atoms with Gasteiger partial charge in [0.1, 0.15) is 6.07 Å². The van der Waals surface area contributed by atoms with Gasteiger partial charge >= 0.3 is 6.18 Å². The van der Waals surface area contributed by atoms with Gasteiger partial charge in [0.25, 0.3) is 0 Å². The van der Waals surface area contributed by atoms with Crippen LogP contribution in [-0.2, 0) is 6.18 Å². The number of imidazole rings is 1. The molecule has 0 aliphatic heterocycles. The van der Waals surface area contributed by atoms with E-state index >= 15 is 0 Å². The first-order chi connectivity index (χ1) is 14.8. The Bertz CT molecular complexity index is 1430. The molecule has 0 unspecified atom stereocenters. The van der Waals surface area contributed by atoms with E-state index in [1.807, 2.05) is 6.07 Å². The van der Waals surface area contributed by atoms with Gasteiger partial charge < -0.3 is 15.6 Å². The topological polar surface area (TPSA) is 111 Å². The number of aromatic amines is 1. The summed E-state index contributed by atoms with van der Waals surface area (Å²) in [6.45, 7) is 0. The molecule has 3 aromatic heterocycles. The fourth-order valence-electron chi connectivity index (χ4n) is 3.38. The van der Waals surface area contributed by atoms with Crippen molar-refractivity contribution in [3.8, 4) is 6.07 Å². The molecule has 0 radical (unpaired) electrons. The van der Waals surface area contributed by atoms with Crippen LogP contribution in [-0.4, -0.2) is 25.6 Å². The van der Waals surface area contributed by atoms with Crippen LogP contribution in [0.15, 0.2) is 41.3 Å². The number of nitrogens with one attached hydrogen (secondary N) is 3. The number of hydrogen-bond donors (Lipinski definition) is 3. The fourth-order valence-corrected chi connectivity index (χ4v) is 3.38. The molecule has 1 aromatic carbocycles. The zero-order valence-electron chi connectivity index (χ0n) is 15.8. The van der Waals surface area contributed by atoms with Gasteiger partial charge in [-0.05, 0) is 25.0 Å². The van der Waals surface area contributed by atoms with Gasteiger partial charge in [0, 0.05) is 29.2 Å². The summed E-state index contributed by atoms with van der Waals surface area (Å²) in [6.07, 6.45) is -1.17. The number of rotatable bonds is 4. The summed E-state index contributed by atoms with van der Waals surface area (Å²) >= 11 is 0. The summed E-state index contributed by atoms with van der Waals surface area (Å²) < 4.78 is 41.2. The van der Waals surface area contributed by atoms with Gasteiger partial charge in [-0.15, -0.1) is 5.10 Å². The first-order valence-electron chi connectivity index (χ1n) is 9.38. The van der Waals surface area contributed by atoms with E-state index in [0.29, 0.717) is 34.9 Å². The molecule has 1 aliphatic rings. The summed E-state index contributed by atoms with van der Waals surface area (Å²) in [7, 11) is 0. The van der Waals surface area contributed by atoms with Crippen LogP contribution in [0, 0.1) is 11.3 Å². The predicted molar refractivity (Wildman–Crippen MR) is 107 cm³/mol. The number of nitriles is 1. The Balaban J connectivity index is 1.57. The third-order valence-corrected chi connectivity index (χ3v) is 4.94. The second kappa shape index (κ2) is 6.73. The predicted octanol–water partition coefficient (Wildman–Crippen LogP) is 3.78. The smallest absolute Gasteiger partial charge is 0.379 e. The molecule has 0 amide bonds. The lowest BCUT2D eigenvalue weighted by Gasteiger charge is -2.13. The highest BCUT2D eigenvalue weighted by Gasteiger charge is 2.33. The van der Waals surface area contributed by atoms with Gasteiger partial charge in [-0.3, -0.25) is 4.79 Å². The van der Waals surface area contributed by atoms with Crippen molar-refractivity contribution in [2.24, 2.45) is 0 Å². The molecule has 1 saturated carbocycles. The van der Waals surface area contributed by atoms with E-state index in [0.717, 1.165) is 12.8 Å². The highest BCUT2D eigenvalue weighted by molar-refractivity contribution is 5.86. The molecule has 1 aliphatic carbocycles. The number of alkyl halides is 3. The van der Waals surface area contributed by atoms with Crippen molar-refractivity contribution < 1.29 is 13.2 Å². The van der Waals surface area contributed by atoms with Crippen LogP contribution in [0.4, 0.5) is 30.4 Å². The SMILES string of the molecule is N#Cc1cnc2c(NC3CC3)cc(Nc3ccc4c(C(F)(F)F)cc(=O)[nH]c4c3)nn12. The van der Waals surface area contributed by atoms with Gasteiger partial charge in [-0.1, -0.05) is 6.07 Å². The van der Waals surface area contributed by atoms with Crippen LogP contribution in [0.3, 0.4) is 0 Å². The number of benzene rings is 1. The number of fused-ring (bicyclic) bond motifs is 2. The third-order valence-electron chi connectivity index (χ3n) is 4.94. The lowest BCUT2D eigenvalue weighted by Crippen LogP contribution is -2.14. The van der Waals surface area contributed by atoms with Gasteiger partial charge in [-0.25, -0.2) is 4.98 Å². The number of pyridine rings is 1. The van der Waals surface area contributed by atoms with E-state index in [4.69, 9.17) is 0 Å². The number of H-pyrrole nitrogens is 1. The molecule has 11 heteroatoms. The third kappa shape index (κ3) is 3.52. The molecular formula is C20H14F3N7O. The molecule has 0 saturated heterocycles. The molecular weight excluding hydrogens is 411 g/mol. The molecule has 8 nitrogen and oxygen atoms in total. The van der Waals surface area contributed by atoms with Crippen LogP contribution >= 0.6 is 0 Å². The number of hydrogen-bond acceptors (Lipinski definition) is 6. The molecule has 0 atom stereocenters. The first kappa shape index (κ1) is 18.9. The van der Waals surface area contributed by atoms with Crippen molar-refractivity contribution >= 4 is 33.7 Å². The monoisotopic (exact) mass is 425 g/mol. The molecule has 0 bridgehead atoms. The van der Waals surface area contributed by atoms with Gasteiger partial charge in [-0.2, -0.15) is 22.9 Å². The largest absolute Gasteiger partial charge is 0.417 e. The highest BCUT2D eigenvalue weighted by atomic mass is 19.4. The Hall–Kier alpha value is -4.07. The fraction of sp³-hybridized carbons (Fsp3) is 0.200. The van der Waals surface area contributed by atoms with E-state index in [2.05, 4.69) is 25.7 Å². The highest BCUT2D eigenvalue weighted by Crippen LogP contribution is 2.34. The van der Waals surface area contributed by atoms with Crippen molar-refractivity contribution in [3.63, 3.8) is 0 Å². The zero-order valence-corrected chi connectivity index (χ0v) is 15.8. The Morgan fingerprint density at radius 1 is 1.23 bits per heavy atom. The first-order valence-corrected chi connectivity index (χ1v) is 9.38. The van der Waals surface area contributed by atoms with E-state index in [9.17, 15) is 23.2 Å². The maximum Gasteiger partial charge on any atom is 0.417 e. The number of anilines is 3. The quantitative estimate of drug-likeness (QED) is 0.459. The molecule has 3 N–H and O–H groups in total. The van der Waals surface area contributed by atoms with E-state index in [1.54, 1.807) is 6.07 Å². The molecule has 3 heterocycles. The molecule has 0 spiro atoms. The summed E-state index contributed by atoms with van der Waals surface area (Å²) in [5.74, 6) is 0.360. The van der Waals surface area contributed by atoms with Crippen molar-refractivity contribution in [1.82, 2.24) is 19.6 Å². The van der Waals surface area contributed by atoms with Gasteiger partial charge in [0.2, 0.25) is 5.56 Å². The molecule has 5 rings (SSSR count). The Morgan fingerprint density at radius 2 is 2.03 bits per heavy atom. The van der Waals surface area contributed by atoms with E-state index in [1.165, 1.54) is 28.9 Å². The zero-order chi connectivity index (χ0) is 21.8. The normalized spacial score (nSPS) is 14.0. The van der Waals surface area contributed by atoms with Gasteiger partial charge in [0.05, 0.1) is 23.0 Å². The summed E-state index contributed by atoms with van der Waals surface area (Å²) in [6, 6.07) is 8.78. The maximum absolute atomic E-state index is 13.3. The Morgan fingerprint density at radius 3 is 2.74 bits per heavy atom. The lowest BCUT2D eigenvalue weighted by atomic mass is 10.1. The van der Waals surface area contributed by atoms with Crippen molar-refractivity contribution in [3.05, 3.63) is 58.1 Å². The summed E-state index contributed by atoms with van der Waals surface area (Å²) in [4.78, 5) is 18.4. The average molecular weight is 425 g/mol. The minimum Gasteiger partial charge on any atom is -0.379 e. The number of aromatic nitrogens is 4. The van der Waals surface area contributed by atoms with Gasteiger partial charge in [0.15, 0.2) is 17.2 Å². The van der Waals surface area contributed by atoms with Crippen LogP contribution in [0.5, 0.6) is 0 Å². The van der Waals surface area contributed by atoms with E-state index in [-0.39, 0.29) is 16.6 Å². The second-order valence-electron chi connectivity index (χ2n) is 7.28. The number of halogens is 3. The van der Waals surface area contributed by atoms with E-state index < -0.39 is 17.3 Å². The maximum atomic E-state index is 13.3. The summed E-state index contributed by atoms with van der Waals surface area (Å²) in [5, 5.41) is 19.9. The van der Waals surface area contributed by atoms with Crippen molar-refractivity contribution in [2.45, 2.75) is 25.1 Å². The molecule has 1 fully saturated rings. The van der Waals surface area contributed by atoms with Crippen LogP contribution < -0.4 is 16.2 Å². The molecule has 31 heavy (non-hydrogen) atoms. The van der Waals surface area contributed by atoms with Crippen molar-refractivity contribution in [2.75, 3.05) is 10.6 Å². The summed E-state index contributed by atoms with van der Waals surface area (Å²) in [5.41, 5.74) is 0.0691. The second-order valence-corrected chi connectivity index (χ2v) is 7.28. The minimum absolute atomic E-state index is 0.0441. The molecule has 156 valence electrons. The van der Waals surface area contributed by atoms with Crippen LogP contribution in [0.25, 0.3) is 16.6 Å². The molecule has 4 aromatic rings. The Kier molecular flexibility index (Phi) is 4.11. The Labute approximate surface area is 172 Å². The van der Waals surface area contributed by atoms with Crippen LogP contribution in [0.1, 0.15) is 24.1 Å². The van der Waals surface area contributed by atoms with Crippen LogP contribution in [0.2, 0.25) is 0 Å². The number of nitrogens with zero attached hydrogens (tertiary/aromatic N) is 4. The standard InChI is InChI=1S/C20H14F3N7O/c21-20(22,23)14-6-18(31)28-15-5-11(3-4-13(14)15)27-17-7-16(26-10-1-2-10)19-25-9-12(8-24)30(19)29-17/h3-7,9-10,26H,1-2H2,(H,27,29)(H,28,31).